The van der Waals surface area contributed by atoms with Crippen LogP contribution in [0.1, 0.15) is 11.1 Å². The molecule has 0 atom stereocenters. The fourth-order valence-electron chi connectivity index (χ4n) is 2.03. The van der Waals surface area contributed by atoms with Crippen LogP contribution in [0.5, 0.6) is 0 Å². The van der Waals surface area contributed by atoms with Crippen molar-refractivity contribution in [2.75, 3.05) is 24.7 Å². The van der Waals surface area contributed by atoms with Crippen LogP contribution in [0.2, 0.25) is 5.02 Å². The van der Waals surface area contributed by atoms with Crippen LogP contribution in [0, 0.1) is 0 Å². The highest BCUT2D eigenvalue weighted by Crippen LogP contribution is 2.20. The third-order valence-corrected chi connectivity index (χ3v) is 4.74. The maximum Gasteiger partial charge on any atom is 0.230 e. The van der Waals surface area contributed by atoms with E-state index in [1.807, 2.05) is 67.5 Å². The topological polar surface area (TPSA) is 32.3 Å². The Morgan fingerprint density at radius 3 is 2.48 bits per heavy atom. The molecule has 0 heterocycles. The standard InChI is InChI=1S/C18H21ClN2OS/c1-21(2)16-9-7-14(8-10-16)11-20-18(22)13-23-12-15-5-3-4-6-17(15)19/h3-10H,11-13H2,1-2H3,(H,20,22). The fraction of sp³-hybridized carbons (Fsp3) is 0.278. The van der Waals surface area contributed by atoms with Crippen molar-refractivity contribution in [1.82, 2.24) is 5.32 Å². The van der Waals surface area contributed by atoms with Crippen LogP contribution in [0.25, 0.3) is 0 Å². The van der Waals surface area contributed by atoms with Crippen LogP contribution in [0.4, 0.5) is 5.69 Å². The highest BCUT2D eigenvalue weighted by molar-refractivity contribution is 7.99. The van der Waals surface area contributed by atoms with Crippen LogP contribution in [0.15, 0.2) is 48.5 Å². The van der Waals surface area contributed by atoms with E-state index in [0.29, 0.717) is 12.3 Å². The normalized spacial score (nSPS) is 10.4. The van der Waals surface area contributed by atoms with Gasteiger partial charge in [0.05, 0.1) is 5.75 Å². The van der Waals surface area contributed by atoms with Gasteiger partial charge in [0.1, 0.15) is 0 Å². The van der Waals surface area contributed by atoms with Crippen LogP contribution >= 0.6 is 23.4 Å². The SMILES string of the molecule is CN(C)c1ccc(CNC(=O)CSCc2ccccc2Cl)cc1. The Morgan fingerprint density at radius 2 is 1.83 bits per heavy atom. The lowest BCUT2D eigenvalue weighted by Crippen LogP contribution is -2.24. The lowest BCUT2D eigenvalue weighted by Gasteiger charge is -2.13. The molecule has 122 valence electrons. The largest absolute Gasteiger partial charge is 0.378 e. The molecule has 1 amide bonds. The summed E-state index contributed by atoms with van der Waals surface area (Å²) in [5.41, 5.74) is 3.31. The van der Waals surface area contributed by atoms with Gasteiger partial charge in [-0.1, -0.05) is 41.9 Å². The van der Waals surface area contributed by atoms with Crippen molar-refractivity contribution in [1.29, 1.82) is 0 Å². The number of thioether (sulfide) groups is 1. The highest BCUT2D eigenvalue weighted by atomic mass is 35.5. The van der Waals surface area contributed by atoms with Gasteiger partial charge in [-0.15, -0.1) is 11.8 Å². The molecule has 2 aromatic rings. The van der Waals surface area contributed by atoms with Crippen LogP contribution < -0.4 is 10.2 Å². The lowest BCUT2D eigenvalue weighted by atomic mass is 10.2. The van der Waals surface area contributed by atoms with Gasteiger partial charge in [-0.2, -0.15) is 0 Å². The van der Waals surface area contributed by atoms with Crippen molar-refractivity contribution in [3.8, 4) is 0 Å². The molecule has 3 nitrogen and oxygen atoms in total. The monoisotopic (exact) mass is 348 g/mol. The third kappa shape index (κ3) is 5.81. The summed E-state index contributed by atoms with van der Waals surface area (Å²) >= 11 is 7.67. The first-order valence-electron chi connectivity index (χ1n) is 7.40. The van der Waals surface area contributed by atoms with Gasteiger partial charge >= 0.3 is 0 Å². The summed E-state index contributed by atoms with van der Waals surface area (Å²) in [4.78, 5) is 13.9. The number of hydrogen-bond acceptors (Lipinski definition) is 3. The summed E-state index contributed by atoms with van der Waals surface area (Å²) in [7, 11) is 4.01. The number of nitrogens with one attached hydrogen (secondary N) is 1. The predicted molar refractivity (Wildman–Crippen MR) is 100 cm³/mol. The molecule has 0 fully saturated rings. The maximum atomic E-state index is 11.9. The van der Waals surface area contributed by atoms with Gasteiger partial charge in [-0.05, 0) is 29.3 Å². The van der Waals surface area contributed by atoms with E-state index in [-0.39, 0.29) is 5.91 Å². The number of carbonyl (C=O) groups excluding carboxylic acids is 1. The van der Waals surface area contributed by atoms with E-state index in [1.165, 1.54) is 0 Å². The molecule has 23 heavy (non-hydrogen) atoms. The zero-order valence-corrected chi connectivity index (χ0v) is 15.0. The molecule has 0 aromatic heterocycles. The Morgan fingerprint density at radius 1 is 1.13 bits per heavy atom. The average Bonchev–Trinajstić information content (AvgIpc) is 2.55. The van der Waals surface area contributed by atoms with Gasteiger partial charge in [-0.25, -0.2) is 0 Å². The molecule has 0 saturated heterocycles. The minimum Gasteiger partial charge on any atom is -0.378 e. The van der Waals surface area contributed by atoms with E-state index in [9.17, 15) is 4.79 Å². The average molecular weight is 349 g/mol. The third-order valence-electron chi connectivity index (χ3n) is 3.39. The number of hydrogen-bond donors (Lipinski definition) is 1. The Balaban J connectivity index is 1.72. The summed E-state index contributed by atoms with van der Waals surface area (Å²) in [6, 6.07) is 15.9. The van der Waals surface area contributed by atoms with Crippen LogP contribution in [0.3, 0.4) is 0 Å². The fourth-order valence-corrected chi connectivity index (χ4v) is 3.18. The zero-order chi connectivity index (χ0) is 16.7. The first kappa shape index (κ1) is 17.7. The molecule has 0 saturated carbocycles. The molecule has 0 radical (unpaired) electrons. The number of nitrogens with zero attached hydrogens (tertiary/aromatic N) is 1. The molecule has 5 heteroatoms. The number of amides is 1. The van der Waals surface area contributed by atoms with E-state index in [0.717, 1.165) is 27.6 Å². The summed E-state index contributed by atoms with van der Waals surface area (Å²) in [5, 5.41) is 3.69. The summed E-state index contributed by atoms with van der Waals surface area (Å²) < 4.78 is 0. The molecule has 0 spiro atoms. The number of anilines is 1. The summed E-state index contributed by atoms with van der Waals surface area (Å²) in [6.07, 6.45) is 0. The van der Waals surface area contributed by atoms with Gasteiger partial charge in [0.15, 0.2) is 0 Å². The quantitative estimate of drug-likeness (QED) is 0.822. The number of halogens is 1. The van der Waals surface area contributed by atoms with Gasteiger partial charge in [-0.3, -0.25) is 4.79 Å². The Kier molecular flexibility index (Phi) is 6.81. The van der Waals surface area contributed by atoms with Gasteiger partial charge in [0, 0.05) is 37.1 Å². The van der Waals surface area contributed by atoms with E-state index < -0.39 is 0 Å². The van der Waals surface area contributed by atoms with E-state index in [2.05, 4.69) is 5.32 Å². The Labute approximate surface area is 147 Å². The van der Waals surface area contributed by atoms with Crippen molar-refractivity contribution in [2.45, 2.75) is 12.3 Å². The minimum absolute atomic E-state index is 0.0405. The maximum absolute atomic E-state index is 11.9. The van der Waals surface area contributed by atoms with E-state index in [4.69, 9.17) is 11.6 Å². The number of carbonyl (C=O) groups is 1. The highest BCUT2D eigenvalue weighted by Gasteiger charge is 2.04. The predicted octanol–water partition coefficient (Wildman–Crippen LogP) is 3.96. The molecular weight excluding hydrogens is 328 g/mol. The molecule has 1 N–H and O–H groups in total. The molecule has 2 aromatic carbocycles. The molecule has 0 aliphatic rings. The molecule has 0 bridgehead atoms. The van der Waals surface area contributed by atoms with Crippen molar-refractivity contribution >= 4 is 35.0 Å². The second-order valence-corrected chi connectivity index (χ2v) is 6.81. The molecular formula is C18H21ClN2OS. The van der Waals surface area contributed by atoms with E-state index >= 15 is 0 Å². The van der Waals surface area contributed by atoms with Crippen molar-refractivity contribution in [2.24, 2.45) is 0 Å². The molecule has 2 rings (SSSR count). The van der Waals surface area contributed by atoms with Gasteiger partial charge < -0.3 is 10.2 Å². The molecule has 0 aliphatic heterocycles. The van der Waals surface area contributed by atoms with Gasteiger partial charge in [0.2, 0.25) is 5.91 Å². The summed E-state index contributed by atoms with van der Waals surface area (Å²) in [5.74, 6) is 1.21. The van der Waals surface area contributed by atoms with Crippen molar-refractivity contribution in [3.63, 3.8) is 0 Å². The van der Waals surface area contributed by atoms with Crippen LogP contribution in [-0.2, 0) is 17.1 Å². The molecule has 0 aliphatic carbocycles. The lowest BCUT2D eigenvalue weighted by molar-refractivity contribution is -0.118. The van der Waals surface area contributed by atoms with Crippen molar-refractivity contribution in [3.05, 3.63) is 64.7 Å². The smallest absolute Gasteiger partial charge is 0.230 e. The minimum atomic E-state index is 0.0405. The Bertz CT molecular complexity index is 644. The second-order valence-electron chi connectivity index (χ2n) is 5.42. The van der Waals surface area contributed by atoms with Gasteiger partial charge in [0.25, 0.3) is 0 Å². The second kappa shape index (κ2) is 8.85. The first-order chi connectivity index (χ1) is 11.1. The molecule has 0 unspecified atom stereocenters. The Hall–Kier alpha value is -1.65. The van der Waals surface area contributed by atoms with Crippen LogP contribution in [-0.4, -0.2) is 25.8 Å². The van der Waals surface area contributed by atoms with Crippen molar-refractivity contribution < 1.29 is 4.79 Å². The van der Waals surface area contributed by atoms with E-state index in [1.54, 1.807) is 11.8 Å². The number of rotatable bonds is 7. The number of benzene rings is 2. The summed E-state index contributed by atoms with van der Waals surface area (Å²) in [6.45, 7) is 0.555. The first-order valence-corrected chi connectivity index (χ1v) is 8.93. The zero-order valence-electron chi connectivity index (χ0n) is 13.4.